The number of nitrogen functional groups attached to an aromatic ring is 1. The van der Waals surface area contributed by atoms with E-state index in [0.29, 0.717) is 12.3 Å². The van der Waals surface area contributed by atoms with E-state index >= 15 is 0 Å². The van der Waals surface area contributed by atoms with Crippen LogP contribution in [-0.4, -0.2) is 18.1 Å². The van der Waals surface area contributed by atoms with Gasteiger partial charge in [-0.1, -0.05) is 22.9 Å². The van der Waals surface area contributed by atoms with E-state index in [1.165, 1.54) is 0 Å². The van der Waals surface area contributed by atoms with Crippen LogP contribution in [0.1, 0.15) is 6.92 Å². The predicted octanol–water partition coefficient (Wildman–Crippen LogP) is 3.16. The molecular formula is C10H14BrNOS. The average Bonchev–Trinajstić information content (AvgIpc) is 2.15. The van der Waals surface area contributed by atoms with Crippen LogP contribution >= 0.6 is 27.7 Å². The molecular weight excluding hydrogens is 262 g/mol. The first-order valence-electron chi connectivity index (χ1n) is 4.49. The van der Waals surface area contributed by atoms with Crippen molar-refractivity contribution in [1.82, 2.24) is 0 Å². The van der Waals surface area contributed by atoms with Gasteiger partial charge in [-0.2, -0.15) is 11.8 Å². The minimum atomic E-state index is 0.681. The topological polar surface area (TPSA) is 35.2 Å². The fraction of sp³-hybridized carbons (Fsp3) is 0.400. The Morgan fingerprint density at radius 1 is 1.50 bits per heavy atom. The number of hydrogen-bond acceptors (Lipinski definition) is 3. The third-order valence-electron chi connectivity index (χ3n) is 1.66. The average molecular weight is 276 g/mol. The van der Waals surface area contributed by atoms with E-state index in [9.17, 15) is 0 Å². The van der Waals surface area contributed by atoms with Crippen LogP contribution in [0.15, 0.2) is 22.7 Å². The molecule has 0 aliphatic rings. The molecule has 0 fully saturated rings. The third kappa shape index (κ3) is 3.80. The summed E-state index contributed by atoms with van der Waals surface area (Å²) < 4.78 is 6.50. The van der Waals surface area contributed by atoms with Crippen LogP contribution in [0.4, 0.5) is 5.69 Å². The number of anilines is 1. The zero-order valence-corrected chi connectivity index (χ0v) is 10.5. The number of rotatable bonds is 5. The van der Waals surface area contributed by atoms with Gasteiger partial charge in [0.05, 0.1) is 12.3 Å². The number of hydrogen-bond donors (Lipinski definition) is 1. The van der Waals surface area contributed by atoms with Gasteiger partial charge in [-0.05, 0) is 24.0 Å². The van der Waals surface area contributed by atoms with E-state index in [1.54, 1.807) is 0 Å². The van der Waals surface area contributed by atoms with Crippen LogP contribution in [0.5, 0.6) is 5.75 Å². The van der Waals surface area contributed by atoms with Crippen LogP contribution in [0.2, 0.25) is 0 Å². The highest BCUT2D eigenvalue weighted by Gasteiger charge is 1.99. The summed E-state index contributed by atoms with van der Waals surface area (Å²) >= 11 is 5.21. The molecule has 0 heterocycles. The second kappa shape index (κ2) is 6.19. The summed E-state index contributed by atoms with van der Waals surface area (Å²) in [5.41, 5.74) is 6.46. The molecule has 0 atom stereocenters. The normalized spacial score (nSPS) is 10.1. The van der Waals surface area contributed by atoms with Crippen LogP contribution < -0.4 is 10.5 Å². The molecule has 1 rings (SSSR count). The molecule has 0 saturated carbocycles. The van der Waals surface area contributed by atoms with E-state index in [1.807, 2.05) is 30.0 Å². The van der Waals surface area contributed by atoms with Gasteiger partial charge in [0.25, 0.3) is 0 Å². The Morgan fingerprint density at radius 2 is 2.29 bits per heavy atom. The number of ether oxygens (including phenoxy) is 1. The number of benzene rings is 1. The molecule has 2 N–H and O–H groups in total. The molecule has 0 aliphatic carbocycles. The highest BCUT2D eigenvalue weighted by atomic mass is 79.9. The second-order valence-electron chi connectivity index (χ2n) is 2.73. The summed E-state index contributed by atoms with van der Waals surface area (Å²) in [5.74, 6) is 2.90. The summed E-state index contributed by atoms with van der Waals surface area (Å²) in [5, 5.41) is 0. The fourth-order valence-electron chi connectivity index (χ4n) is 1.01. The Kier molecular flexibility index (Phi) is 5.19. The molecule has 0 bridgehead atoms. The lowest BCUT2D eigenvalue weighted by Crippen LogP contribution is -2.02. The zero-order valence-electron chi connectivity index (χ0n) is 8.13. The summed E-state index contributed by atoms with van der Waals surface area (Å²) in [7, 11) is 0. The Labute approximate surface area is 97.3 Å². The first kappa shape index (κ1) is 11.7. The van der Waals surface area contributed by atoms with Crippen LogP contribution in [0.3, 0.4) is 0 Å². The van der Waals surface area contributed by atoms with Crippen molar-refractivity contribution in [3.05, 3.63) is 22.7 Å². The van der Waals surface area contributed by atoms with Gasteiger partial charge in [-0.25, -0.2) is 0 Å². The smallest absolute Gasteiger partial charge is 0.142 e. The highest BCUT2D eigenvalue weighted by Crippen LogP contribution is 2.25. The molecule has 1 aromatic rings. The molecule has 4 heteroatoms. The van der Waals surface area contributed by atoms with Gasteiger partial charge >= 0.3 is 0 Å². The fourth-order valence-corrected chi connectivity index (χ4v) is 1.87. The number of halogens is 1. The van der Waals surface area contributed by atoms with Gasteiger partial charge in [-0.15, -0.1) is 0 Å². The summed E-state index contributed by atoms with van der Waals surface area (Å²) in [6.45, 7) is 2.85. The molecule has 0 aliphatic heterocycles. The number of thioether (sulfide) groups is 1. The maximum absolute atomic E-state index is 5.77. The minimum absolute atomic E-state index is 0.681. The van der Waals surface area contributed by atoms with Gasteiger partial charge in [0.15, 0.2) is 0 Å². The minimum Gasteiger partial charge on any atom is -0.491 e. The van der Waals surface area contributed by atoms with E-state index in [2.05, 4.69) is 22.9 Å². The first-order chi connectivity index (χ1) is 6.74. The van der Waals surface area contributed by atoms with Gasteiger partial charge in [-0.3, -0.25) is 0 Å². The van der Waals surface area contributed by atoms with Crippen molar-refractivity contribution in [2.24, 2.45) is 0 Å². The molecule has 0 radical (unpaired) electrons. The summed E-state index contributed by atoms with van der Waals surface area (Å²) in [6.07, 6.45) is 0. The largest absolute Gasteiger partial charge is 0.491 e. The van der Waals surface area contributed by atoms with Crippen LogP contribution in [0.25, 0.3) is 0 Å². The Balaban J connectivity index is 2.42. The summed E-state index contributed by atoms with van der Waals surface area (Å²) in [4.78, 5) is 0. The van der Waals surface area contributed by atoms with Gasteiger partial charge < -0.3 is 10.5 Å². The standard InChI is InChI=1S/C10H14BrNOS/c1-2-14-6-5-13-10-4-3-8(11)7-9(10)12/h3-4,7H,2,5-6,12H2,1H3. The van der Waals surface area contributed by atoms with Crippen LogP contribution in [0, 0.1) is 0 Å². The van der Waals surface area contributed by atoms with Crippen molar-refractivity contribution >= 4 is 33.4 Å². The van der Waals surface area contributed by atoms with Crippen molar-refractivity contribution in [3.63, 3.8) is 0 Å². The van der Waals surface area contributed by atoms with E-state index < -0.39 is 0 Å². The molecule has 0 spiro atoms. The SMILES string of the molecule is CCSCCOc1ccc(Br)cc1N. The molecule has 0 amide bonds. The molecule has 1 aromatic carbocycles. The van der Waals surface area contributed by atoms with E-state index in [0.717, 1.165) is 21.7 Å². The zero-order chi connectivity index (χ0) is 10.4. The van der Waals surface area contributed by atoms with Crippen molar-refractivity contribution in [2.45, 2.75) is 6.92 Å². The monoisotopic (exact) mass is 275 g/mol. The van der Waals surface area contributed by atoms with Crippen molar-refractivity contribution in [2.75, 3.05) is 23.8 Å². The molecule has 78 valence electrons. The van der Waals surface area contributed by atoms with Crippen molar-refractivity contribution in [3.8, 4) is 5.75 Å². The summed E-state index contributed by atoms with van der Waals surface area (Å²) in [6, 6.07) is 5.66. The lowest BCUT2D eigenvalue weighted by Gasteiger charge is -2.08. The highest BCUT2D eigenvalue weighted by molar-refractivity contribution is 9.10. The molecule has 0 aromatic heterocycles. The molecule has 2 nitrogen and oxygen atoms in total. The number of nitrogens with two attached hydrogens (primary N) is 1. The quantitative estimate of drug-likeness (QED) is 0.662. The second-order valence-corrected chi connectivity index (χ2v) is 5.04. The third-order valence-corrected chi connectivity index (χ3v) is 3.02. The Hall–Kier alpha value is -0.350. The van der Waals surface area contributed by atoms with Gasteiger partial charge in [0.1, 0.15) is 5.75 Å². The van der Waals surface area contributed by atoms with E-state index in [-0.39, 0.29) is 0 Å². The Bertz CT molecular complexity index is 293. The van der Waals surface area contributed by atoms with Gasteiger partial charge in [0, 0.05) is 10.2 Å². The maximum atomic E-state index is 5.77. The molecule has 0 unspecified atom stereocenters. The van der Waals surface area contributed by atoms with Crippen molar-refractivity contribution in [1.29, 1.82) is 0 Å². The van der Waals surface area contributed by atoms with E-state index in [4.69, 9.17) is 10.5 Å². The maximum Gasteiger partial charge on any atom is 0.142 e. The molecule has 0 saturated heterocycles. The van der Waals surface area contributed by atoms with Crippen LogP contribution in [-0.2, 0) is 0 Å². The molecule has 14 heavy (non-hydrogen) atoms. The van der Waals surface area contributed by atoms with Crippen molar-refractivity contribution < 1.29 is 4.74 Å². The Morgan fingerprint density at radius 3 is 2.93 bits per heavy atom. The lowest BCUT2D eigenvalue weighted by molar-refractivity contribution is 0.346. The van der Waals surface area contributed by atoms with Gasteiger partial charge in [0.2, 0.25) is 0 Å². The lowest BCUT2D eigenvalue weighted by atomic mass is 10.3. The first-order valence-corrected chi connectivity index (χ1v) is 6.44. The predicted molar refractivity (Wildman–Crippen MR) is 67.0 cm³/mol.